The molecule has 138 valence electrons. The lowest BCUT2D eigenvalue weighted by Gasteiger charge is -2.22. The van der Waals surface area contributed by atoms with Crippen molar-refractivity contribution >= 4 is 15.9 Å². The molecule has 0 aromatic heterocycles. The highest BCUT2D eigenvalue weighted by molar-refractivity contribution is 7.88. The van der Waals surface area contributed by atoms with Gasteiger partial charge in [0.1, 0.15) is 11.5 Å². The SMILES string of the molecule is CS(=O)(=O)N1CCCN(C(=O)c2ccccc2Oc2ccccc2)CC1. The number of ether oxygens (including phenoxy) is 1. The van der Waals surface area contributed by atoms with Gasteiger partial charge in [-0.3, -0.25) is 4.79 Å². The largest absolute Gasteiger partial charge is 0.457 e. The third-order valence-electron chi connectivity index (χ3n) is 4.30. The van der Waals surface area contributed by atoms with Gasteiger partial charge < -0.3 is 9.64 Å². The minimum Gasteiger partial charge on any atom is -0.457 e. The number of hydrogen-bond donors (Lipinski definition) is 0. The van der Waals surface area contributed by atoms with Crippen LogP contribution in [0.3, 0.4) is 0 Å². The van der Waals surface area contributed by atoms with E-state index in [4.69, 9.17) is 4.74 Å². The fourth-order valence-corrected chi connectivity index (χ4v) is 3.82. The van der Waals surface area contributed by atoms with Gasteiger partial charge in [0.25, 0.3) is 5.91 Å². The summed E-state index contributed by atoms with van der Waals surface area (Å²) in [4.78, 5) is 14.7. The van der Waals surface area contributed by atoms with Crippen LogP contribution in [0.4, 0.5) is 0 Å². The van der Waals surface area contributed by atoms with Gasteiger partial charge in [0, 0.05) is 26.2 Å². The minimum atomic E-state index is -3.24. The number of benzene rings is 2. The van der Waals surface area contributed by atoms with Crippen molar-refractivity contribution in [1.82, 2.24) is 9.21 Å². The molecular weight excluding hydrogens is 352 g/mol. The van der Waals surface area contributed by atoms with Crippen LogP contribution >= 0.6 is 0 Å². The van der Waals surface area contributed by atoms with Gasteiger partial charge in [-0.15, -0.1) is 0 Å². The van der Waals surface area contributed by atoms with Gasteiger partial charge in [0.05, 0.1) is 11.8 Å². The first kappa shape index (κ1) is 18.4. The lowest BCUT2D eigenvalue weighted by atomic mass is 10.1. The zero-order valence-electron chi connectivity index (χ0n) is 14.7. The highest BCUT2D eigenvalue weighted by Gasteiger charge is 2.25. The molecule has 6 nitrogen and oxygen atoms in total. The maximum absolute atomic E-state index is 13.0. The van der Waals surface area contributed by atoms with E-state index in [2.05, 4.69) is 0 Å². The predicted octanol–water partition coefficient (Wildman–Crippen LogP) is 2.59. The van der Waals surface area contributed by atoms with Crippen LogP contribution < -0.4 is 4.74 Å². The van der Waals surface area contributed by atoms with Crippen molar-refractivity contribution in [3.63, 3.8) is 0 Å². The summed E-state index contributed by atoms with van der Waals surface area (Å²) < 4.78 is 30.8. The van der Waals surface area contributed by atoms with Crippen molar-refractivity contribution in [2.75, 3.05) is 32.4 Å². The predicted molar refractivity (Wildman–Crippen MR) is 99.9 cm³/mol. The quantitative estimate of drug-likeness (QED) is 0.825. The molecule has 1 saturated heterocycles. The van der Waals surface area contributed by atoms with Crippen LogP contribution in [0.2, 0.25) is 0 Å². The zero-order chi connectivity index (χ0) is 18.6. The molecule has 0 aliphatic carbocycles. The molecule has 0 atom stereocenters. The maximum Gasteiger partial charge on any atom is 0.257 e. The van der Waals surface area contributed by atoms with Gasteiger partial charge in [-0.2, -0.15) is 0 Å². The standard InChI is InChI=1S/C19H22N2O4S/c1-26(23,24)21-13-7-12-20(14-15-21)19(22)17-10-5-6-11-18(17)25-16-8-3-2-4-9-16/h2-6,8-11H,7,12-15H2,1H3. The second kappa shape index (κ2) is 7.88. The van der Waals surface area contributed by atoms with Gasteiger partial charge in [-0.05, 0) is 30.7 Å². The highest BCUT2D eigenvalue weighted by Crippen LogP contribution is 2.26. The Labute approximate surface area is 154 Å². The number of para-hydroxylation sites is 2. The lowest BCUT2D eigenvalue weighted by molar-refractivity contribution is 0.0761. The summed E-state index contributed by atoms with van der Waals surface area (Å²) in [6, 6.07) is 16.4. The minimum absolute atomic E-state index is 0.146. The number of hydrogen-bond acceptors (Lipinski definition) is 4. The molecule has 1 aliphatic rings. The number of sulfonamides is 1. The molecule has 2 aromatic rings. The summed E-state index contributed by atoms with van der Waals surface area (Å²) >= 11 is 0. The summed E-state index contributed by atoms with van der Waals surface area (Å²) in [5.74, 6) is 1.01. The van der Waals surface area contributed by atoms with E-state index in [0.717, 1.165) is 0 Å². The van der Waals surface area contributed by atoms with Crippen molar-refractivity contribution in [3.05, 3.63) is 60.2 Å². The average molecular weight is 374 g/mol. The molecule has 0 bridgehead atoms. The second-order valence-electron chi connectivity index (χ2n) is 6.22. The highest BCUT2D eigenvalue weighted by atomic mass is 32.2. The smallest absolute Gasteiger partial charge is 0.257 e. The number of nitrogens with zero attached hydrogens (tertiary/aromatic N) is 2. The monoisotopic (exact) mass is 374 g/mol. The Morgan fingerprint density at radius 1 is 0.923 bits per heavy atom. The topological polar surface area (TPSA) is 66.9 Å². The number of rotatable bonds is 4. The number of carbonyl (C=O) groups is 1. The van der Waals surface area contributed by atoms with Gasteiger partial charge >= 0.3 is 0 Å². The molecule has 0 spiro atoms. The maximum atomic E-state index is 13.0. The van der Waals surface area contributed by atoms with E-state index in [9.17, 15) is 13.2 Å². The molecule has 7 heteroatoms. The van der Waals surface area contributed by atoms with Crippen LogP contribution in [0, 0.1) is 0 Å². The van der Waals surface area contributed by atoms with E-state index in [1.807, 2.05) is 36.4 Å². The second-order valence-corrected chi connectivity index (χ2v) is 8.20. The lowest BCUT2D eigenvalue weighted by Crippen LogP contribution is -2.37. The summed E-state index contributed by atoms with van der Waals surface area (Å²) in [5, 5.41) is 0. The average Bonchev–Trinajstić information content (AvgIpc) is 2.89. The van der Waals surface area contributed by atoms with E-state index in [1.165, 1.54) is 10.6 Å². The molecule has 0 radical (unpaired) electrons. The third kappa shape index (κ3) is 4.42. The van der Waals surface area contributed by atoms with Gasteiger partial charge in [0.2, 0.25) is 10.0 Å². The molecule has 1 aliphatic heterocycles. The van der Waals surface area contributed by atoms with Gasteiger partial charge in [0.15, 0.2) is 0 Å². The van der Waals surface area contributed by atoms with Crippen LogP contribution in [0.25, 0.3) is 0 Å². The Morgan fingerprint density at radius 3 is 2.35 bits per heavy atom. The summed E-state index contributed by atoms with van der Waals surface area (Å²) in [7, 11) is -3.24. The fraction of sp³-hybridized carbons (Fsp3) is 0.316. The Morgan fingerprint density at radius 2 is 1.62 bits per heavy atom. The first-order valence-corrected chi connectivity index (χ1v) is 10.4. The van der Waals surface area contributed by atoms with Crippen molar-refractivity contribution in [2.24, 2.45) is 0 Å². The molecule has 0 unspecified atom stereocenters. The summed E-state index contributed by atoms with van der Waals surface area (Å²) in [6.07, 6.45) is 1.81. The van der Waals surface area contributed by atoms with E-state index in [1.54, 1.807) is 23.1 Å². The van der Waals surface area contributed by atoms with Crippen LogP contribution in [0.5, 0.6) is 11.5 Å². The summed E-state index contributed by atoms with van der Waals surface area (Å²) in [5.41, 5.74) is 0.476. The van der Waals surface area contributed by atoms with Crippen molar-refractivity contribution < 1.29 is 17.9 Å². The Kier molecular flexibility index (Phi) is 5.58. The molecule has 0 saturated carbocycles. The fourth-order valence-electron chi connectivity index (χ4n) is 2.95. The van der Waals surface area contributed by atoms with Crippen LogP contribution in [-0.2, 0) is 10.0 Å². The first-order valence-electron chi connectivity index (χ1n) is 8.51. The van der Waals surface area contributed by atoms with E-state index >= 15 is 0 Å². The van der Waals surface area contributed by atoms with E-state index in [0.29, 0.717) is 49.7 Å². The third-order valence-corrected chi connectivity index (χ3v) is 5.60. The summed E-state index contributed by atoms with van der Waals surface area (Å²) in [6.45, 7) is 1.63. The number of amides is 1. The van der Waals surface area contributed by atoms with E-state index in [-0.39, 0.29) is 5.91 Å². The molecule has 1 heterocycles. The van der Waals surface area contributed by atoms with Crippen LogP contribution in [0.1, 0.15) is 16.8 Å². The van der Waals surface area contributed by atoms with E-state index < -0.39 is 10.0 Å². The number of carbonyl (C=O) groups excluding carboxylic acids is 1. The molecule has 3 rings (SSSR count). The van der Waals surface area contributed by atoms with Crippen LogP contribution in [0.15, 0.2) is 54.6 Å². The van der Waals surface area contributed by atoms with Crippen LogP contribution in [-0.4, -0.2) is 56.0 Å². The van der Waals surface area contributed by atoms with Crippen molar-refractivity contribution in [2.45, 2.75) is 6.42 Å². The Bertz CT molecular complexity index is 868. The van der Waals surface area contributed by atoms with Crippen molar-refractivity contribution in [3.8, 4) is 11.5 Å². The van der Waals surface area contributed by atoms with Crippen molar-refractivity contribution in [1.29, 1.82) is 0 Å². The zero-order valence-corrected chi connectivity index (χ0v) is 15.5. The normalized spacial score (nSPS) is 16.1. The molecule has 26 heavy (non-hydrogen) atoms. The van der Waals surface area contributed by atoms with Gasteiger partial charge in [-0.1, -0.05) is 30.3 Å². The van der Waals surface area contributed by atoms with Gasteiger partial charge in [-0.25, -0.2) is 12.7 Å². The Hall–Kier alpha value is -2.38. The Balaban J connectivity index is 1.78. The molecule has 2 aromatic carbocycles. The molecular formula is C19H22N2O4S. The first-order chi connectivity index (χ1) is 12.4. The molecule has 1 amide bonds. The molecule has 1 fully saturated rings. The molecule has 0 N–H and O–H groups in total.